The zero-order valence-electron chi connectivity index (χ0n) is 10.6. The molecule has 1 aromatic carbocycles. The van der Waals surface area contributed by atoms with Gasteiger partial charge in [-0.15, -0.1) is 0 Å². The maximum Gasteiger partial charge on any atom is 0.224 e. The standard InChI is InChI=1S/C13H17N5O/c14-11-5-3-10(4-6-11)8-13(19)15-7-1-2-12-16-9-17-18-12/h3-6,9H,1-2,7-8,14H2,(H,15,19)(H,16,17,18). The smallest absolute Gasteiger partial charge is 0.224 e. The molecule has 0 radical (unpaired) electrons. The van der Waals surface area contributed by atoms with Crippen molar-refractivity contribution in [1.29, 1.82) is 0 Å². The molecule has 19 heavy (non-hydrogen) atoms. The van der Waals surface area contributed by atoms with E-state index in [9.17, 15) is 4.79 Å². The van der Waals surface area contributed by atoms with Crippen LogP contribution < -0.4 is 11.1 Å². The zero-order valence-corrected chi connectivity index (χ0v) is 10.6. The van der Waals surface area contributed by atoms with Crippen LogP contribution >= 0.6 is 0 Å². The lowest BCUT2D eigenvalue weighted by Gasteiger charge is -2.05. The molecule has 6 heteroatoms. The van der Waals surface area contributed by atoms with Crippen molar-refractivity contribution in [3.05, 3.63) is 42.0 Å². The molecule has 1 aromatic heterocycles. The van der Waals surface area contributed by atoms with Crippen molar-refractivity contribution in [2.45, 2.75) is 19.3 Å². The number of hydrogen-bond acceptors (Lipinski definition) is 4. The summed E-state index contributed by atoms with van der Waals surface area (Å²) in [5.74, 6) is 0.857. The maximum atomic E-state index is 11.7. The fourth-order valence-corrected chi connectivity index (χ4v) is 1.72. The van der Waals surface area contributed by atoms with E-state index in [1.807, 2.05) is 12.1 Å². The fraction of sp³-hybridized carbons (Fsp3) is 0.308. The maximum absolute atomic E-state index is 11.7. The van der Waals surface area contributed by atoms with Gasteiger partial charge in [0, 0.05) is 18.7 Å². The molecular formula is C13H17N5O. The molecule has 0 saturated carbocycles. The van der Waals surface area contributed by atoms with E-state index >= 15 is 0 Å². The van der Waals surface area contributed by atoms with E-state index in [2.05, 4.69) is 20.5 Å². The second kappa shape index (κ2) is 6.53. The Morgan fingerprint density at radius 2 is 2.11 bits per heavy atom. The second-order valence-electron chi connectivity index (χ2n) is 4.30. The third kappa shape index (κ3) is 4.42. The molecule has 0 fully saturated rings. The molecule has 0 spiro atoms. The van der Waals surface area contributed by atoms with Crippen LogP contribution in [-0.2, 0) is 17.6 Å². The summed E-state index contributed by atoms with van der Waals surface area (Å²) in [5.41, 5.74) is 7.25. The van der Waals surface area contributed by atoms with E-state index < -0.39 is 0 Å². The highest BCUT2D eigenvalue weighted by Crippen LogP contribution is 2.05. The summed E-state index contributed by atoms with van der Waals surface area (Å²) in [4.78, 5) is 15.7. The molecule has 0 atom stereocenters. The molecule has 0 bridgehead atoms. The average Bonchev–Trinajstić information content (AvgIpc) is 2.91. The first kappa shape index (κ1) is 13.1. The van der Waals surface area contributed by atoms with Gasteiger partial charge >= 0.3 is 0 Å². The number of aryl methyl sites for hydroxylation is 1. The van der Waals surface area contributed by atoms with Crippen molar-refractivity contribution < 1.29 is 4.79 Å². The van der Waals surface area contributed by atoms with Crippen LogP contribution in [0.25, 0.3) is 0 Å². The molecule has 2 rings (SSSR count). The fourth-order valence-electron chi connectivity index (χ4n) is 1.72. The predicted molar refractivity (Wildman–Crippen MR) is 72.3 cm³/mol. The minimum absolute atomic E-state index is 0.0161. The van der Waals surface area contributed by atoms with Gasteiger partial charge in [-0.2, -0.15) is 5.10 Å². The number of nitrogen functional groups attached to an aromatic ring is 1. The molecular weight excluding hydrogens is 242 g/mol. The summed E-state index contributed by atoms with van der Waals surface area (Å²) >= 11 is 0. The minimum atomic E-state index is 0.0161. The first-order valence-electron chi connectivity index (χ1n) is 6.19. The summed E-state index contributed by atoms with van der Waals surface area (Å²) in [6.45, 7) is 0.633. The van der Waals surface area contributed by atoms with Crippen molar-refractivity contribution >= 4 is 11.6 Å². The first-order chi connectivity index (χ1) is 9.24. The largest absolute Gasteiger partial charge is 0.399 e. The number of hydrogen-bond donors (Lipinski definition) is 3. The molecule has 0 aliphatic rings. The molecule has 1 heterocycles. The summed E-state index contributed by atoms with van der Waals surface area (Å²) in [7, 11) is 0. The first-order valence-corrected chi connectivity index (χ1v) is 6.19. The van der Waals surface area contributed by atoms with Crippen LogP contribution in [0, 0.1) is 0 Å². The number of nitrogens with zero attached hydrogens (tertiary/aromatic N) is 2. The number of nitrogens with one attached hydrogen (secondary N) is 2. The number of nitrogens with two attached hydrogens (primary N) is 1. The Morgan fingerprint density at radius 1 is 1.32 bits per heavy atom. The third-order valence-corrected chi connectivity index (χ3v) is 2.72. The number of aromatic nitrogens is 3. The van der Waals surface area contributed by atoms with Crippen molar-refractivity contribution in [2.24, 2.45) is 0 Å². The Bertz CT molecular complexity index is 506. The normalized spacial score (nSPS) is 10.3. The van der Waals surface area contributed by atoms with Crippen LogP contribution in [0.2, 0.25) is 0 Å². The quantitative estimate of drug-likeness (QED) is 0.525. The Labute approximate surface area is 111 Å². The van der Waals surface area contributed by atoms with Gasteiger partial charge in [0.25, 0.3) is 0 Å². The number of aromatic amines is 1. The number of carbonyl (C=O) groups is 1. The minimum Gasteiger partial charge on any atom is -0.399 e. The van der Waals surface area contributed by atoms with Crippen LogP contribution in [0.5, 0.6) is 0 Å². The van der Waals surface area contributed by atoms with Crippen LogP contribution in [-0.4, -0.2) is 27.6 Å². The van der Waals surface area contributed by atoms with E-state index in [0.717, 1.165) is 24.2 Å². The average molecular weight is 259 g/mol. The van der Waals surface area contributed by atoms with E-state index in [4.69, 9.17) is 5.73 Å². The van der Waals surface area contributed by atoms with Crippen LogP contribution in [0.4, 0.5) is 5.69 Å². The molecule has 0 aliphatic heterocycles. The summed E-state index contributed by atoms with van der Waals surface area (Å²) in [6, 6.07) is 7.33. The highest BCUT2D eigenvalue weighted by molar-refractivity contribution is 5.78. The van der Waals surface area contributed by atoms with Gasteiger partial charge in [0.1, 0.15) is 12.2 Å². The number of benzene rings is 1. The zero-order chi connectivity index (χ0) is 13.5. The SMILES string of the molecule is Nc1ccc(CC(=O)NCCCc2ncn[nH]2)cc1. The number of anilines is 1. The highest BCUT2D eigenvalue weighted by Gasteiger charge is 2.03. The topological polar surface area (TPSA) is 96.7 Å². The Balaban J connectivity index is 1.65. The molecule has 6 nitrogen and oxygen atoms in total. The van der Waals surface area contributed by atoms with Crippen molar-refractivity contribution in [3.8, 4) is 0 Å². The molecule has 0 unspecified atom stereocenters. The molecule has 4 N–H and O–H groups in total. The van der Waals surface area contributed by atoms with E-state index in [0.29, 0.717) is 18.7 Å². The predicted octanol–water partition coefficient (Wildman–Crippen LogP) is 0.678. The van der Waals surface area contributed by atoms with Gasteiger partial charge in [0.05, 0.1) is 6.42 Å². The Hall–Kier alpha value is -2.37. The lowest BCUT2D eigenvalue weighted by Crippen LogP contribution is -2.26. The van der Waals surface area contributed by atoms with Gasteiger partial charge in [0.15, 0.2) is 0 Å². The molecule has 1 amide bonds. The van der Waals surface area contributed by atoms with E-state index in [-0.39, 0.29) is 5.91 Å². The van der Waals surface area contributed by atoms with Crippen molar-refractivity contribution in [3.63, 3.8) is 0 Å². The van der Waals surface area contributed by atoms with E-state index in [1.54, 1.807) is 12.1 Å². The summed E-state index contributed by atoms with van der Waals surface area (Å²) in [5, 5.41) is 9.43. The monoisotopic (exact) mass is 259 g/mol. The highest BCUT2D eigenvalue weighted by atomic mass is 16.1. The molecule has 100 valence electrons. The van der Waals surface area contributed by atoms with Crippen molar-refractivity contribution in [1.82, 2.24) is 20.5 Å². The van der Waals surface area contributed by atoms with Gasteiger partial charge < -0.3 is 11.1 Å². The molecule has 0 saturated heterocycles. The number of rotatable bonds is 6. The van der Waals surface area contributed by atoms with Gasteiger partial charge in [-0.25, -0.2) is 4.98 Å². The Kier molecular flexibility index (Phi) is 4.49. The number of carbonyl (C=O) groups excluding carboxylic acids is 1. The van der Waals surface area contributed by atoms with Crippen LogP contribution in [0.15, 0.2) is 30.6 Å². The van der Waals surface area contributed by atoms with E-state index in [1.165, 1.54) is 6.33 Å². The molecule has 0 aliphatic carbocycles. The van der Waals surface area contributed by atoms with Gasteiger partial charge in [-0.05, 0) is 24.1 Å². The summed E-state index contributed by atoms with van der Waals surface area (Å²) in [6.07, 6.45) is 3.47. The lowest BCUT2D eigenvalue weighted by atomic mass is 10.1. The van der Waals surface area contributed by atoms with Gasteiger partial charge in [-0.1, -0.05) is 12.1 Å². The van der Waals surface area contributed by atoms with Crippen LogP contribution in [0.1, 0.15) is 17.8 Å². The number of H-pyrrole nitrogens is 1. The van der Waals surface area contributed by atoms with Crippen LogP contribution in [0.3, 0.4) is 0 Å². The van der Waals surface area contributed by atoms with Crippen molar-refractivity contribution in [2.75, 3.05) is 12.3 Å². The van der Waals surface area contributed by atoms with Gasteiger partial charge in [-0.3, -0.25) is 9.89 Å². The Morgan fingerprint density at radius 3 is 2.79 bits per heavy atom. The second-order valence-corrected chi connectivity index (χ2v) is 4.30. The third-order valence-electron chi connectivity index (χ3n) is 2.72. The van der Waals surface area contributed by atoms with Gasteiger partial charge in [0.2, 0.25) is 5.91 Å². The lowest BCUT2D eigenvalue weighted by molar-refractivity contribution is -0.120. The number of amides is 1. The summed E-state index contributed by atoms with van der Waals surface area (Å²) < 4.78 is 0. The molecule has 2 aromatic rings.